The molecule has 4 aromatic rings. The maximum Gasteiger partial charge on any atom is 0.332 e. The van der Waals surface area contributed by atoms with Crippen LogP contribution in [0.5, 0.6) is 0 Å². The lowest BCUT2D eigenvalue weighted by molar-refractivity contribution is -0.121. The zero-order chi connectivity index (χ0) is 22.8. The van der Waals surface area contributed by atoms with Gasteiger partial charge in [0.05, 0.1) is 18.1 Å². The van der Waals surface area contributed by atoms with Crippen LogP contribution in [-0.2, 0) is 25.4 Å². The highest BCUT2D eigenvalue weighted by atomic mass is 16.2. The number of amides is 1. The van der Waals surface area contributed by atoms with Crippen molar-refractivity contribution < 1.29 is 4.79 Å². The van der Waals surface area contributed by atoms with Gasteiger partial charge in [-0.05, 0) is 31.0 Å². The number of carbonyl (C=O) groups is 1. The van der Waals surface area contributed by atoms with Crippen LogP contribution in [0.2, 0.25) is 0 Å². The standard InChI is InChI=1S/C21H24N8O3/c1-14(15-6-8-16(9-7-15)29-12-22-11-24-29)25-17(30)5-4-10-28-13-23-19-18(28)20(31)27(3)21(32)26(19)2/h6-9,11-14H,4-5,10H2,1-3H3,(H,25,30). The van der Waals surface area contributed by atoms with Crippen molar-refractivity contribution in [1.82, 2.24) is 38.8 Å². The maximum absolute atomic E-state index is 12.5. The molecule has 3 aromatic heterocycles. The maximum atomic E-state index is 12.5. The van der Waals surface area contributed by atoms with E-state index in [2.05, 4.69) is 20.4 Å². The summed E-state index contributed by atoms with van der Waals surface area (Å²) in [5.41, 5.74) is 1.75. The summed E-state index contributed by atoms with van der Waals surface area (Å²) >= 11 is 0. The van der Waals surface area contributed by atoms with E-state index in [-0.39, 0.29) is 11.9 Å². The van der Waals surface area contributed by atoms with Gasteiger partial charge in [-0.25, -0.2) is 19.4 Å². The number of fused-ring (bicyclic) bond motifs is 1. The van der Waals surface area contributed by atoms with Crippen molar-refractivity contribution in [3.63, 3.8) is 0 Å². The highest BCUT2D eigenvalue weighted by Gasteiger charge is 2.15. The lowest BCUT2D eigenvalue weighted by Gasteiger charge is -2.15. The molecule has 0 radical (unpaired) electrons. The van der Waals surface area contributed by atoms with Crippen molar-refractivity contribution in [2.75, 3.05) is 0 Å². The van der Waals surface area contributed by atoms with Crippen molar-refractivity contribution in [2.24, 2.45) is 14.1 Å². The summed E-state index contributed by atoms with van der Waals surface area (Å²) < 4.78 is 5.76. The van der Waals surface area contributed by atoms with Crippen molar-refractivity contribution in [3.8, 4) is 5.69 Å². The molecule has 0 spiro atoms. The summed E-state index contributed by atoms with van der Waals surface area (Å²) in [6.07, 6.45) is 5.46. The van der Waals surface area contributed by atoms with E-state index in [1.54, 1.807) is 22.6 Å². The number of carbonyl (C=O) groups excluding carboxylic acids is 1. The summed E-state index contributed by atoms with van der Waals surface area (Å²) in [5.74, 6) is -0.0809. The number of hydrogen-bond donors (Lipinski definition) is 1. The number of rotatable bonds is 7. The van der Waals surface area contributed by atoms with Crippen LogP contribution in [0.3, 0.4) is 0 Å². The first-order valence-electron chi connectivity index (χ1n) is 10.2. The average molecular weight is 436 g/mol. The minimum absolute atomic E-state index is 0.0809. The second-order valence-electron chi connectivity index (χ2n) is 7.64. The molecule has 0 aliphatic carbocycles. The van der Waals surface area contributed by atoms with E-state index in [0.717, 1.165) is 15.8 Å². The molecule has 0 saturated carbocycles. The molecular formula is C21H24N8O3. The molecule has 0 aliphatic rings. The molecule has 1 atom stereocenters. The molecule has 0 fully saturated rings. The molecule has 0 saturated heterocycles. The van der Waals surface area contributed by atoms with E-state index in [0.29, 0.717) is 30.6 Å². The quantitative estimate of drug-likeness (QED) is 0.455. The second-order valence-corrected chi connectivity index (χ2v) is 7.64. The van der Waals surface area contributed by atoms with Crippen LogP contribution in [-0.4, -0.2) is 39.4 Å². The molecule has 0 aliphatic heterocycles. The summed E-state index contributed by atoms with van der Waals surface area (Å²) in [7, 11) is 3.02. The van der Waals surface area contributed by atoms with E-state index in [4.69, 9.17) is 0 Å². The van der Waals surface area contributed by atoms with Crippen LogP contribution in [0.1, 0.15) is 31.4 Å². The van der Waals surface area contributed by atoms with E-state index < -0.39 is 11.2 Å². The fraction of sp³-hybridized carbons (Fsp3) is 0.333. The Labute approximate surface area is 183 Å². The van der Waals surface area contributed by atoms with E-state index in [9.17, 15) is 14.4 Å². The predicted molar refractivity (Wildman–Crippen MR) is 117 cm³/mol. The largest absolute Gasteiger partial charge is 0.350 e. The number of imidazole rings is 1. The van der Waals surface area contributed by atoms with Crippen molar-refractivity contribution in [3.05, 3.63) is 69.6 Å². The molecule has 3 heterocycles. The minimum atomic E-state index is -0.421. The zero-order valence-electron chi connectivity index (χ0n) is 18.1. The Kier molecular flexibility index (Phi) is 5.71. The molecule has 11 nitrogen and oxygen atoms in total. The number of benzene rings is 1. The Hall–Kier alpha value is -4.02. The van der Waals surface area contributed by atoms with Gasteiger partial charge >= 0.3 is 5.69 Å². The topological polar surface area (TPSA) is 122 Å². The van der Waals surface area contributed by atoms with Crippen molar-refractivity contribution in [2.45, 2.75) is 32.4 Å². The molecule has 32 heavy (non-hydrogen) atoms. The van der Waals surface area contributed by atoms with Gasteiger partial charge in [0.25, 0.3) is 5.56 Å². The minimum Gasteiger partial charge on any atom is -0.350 e. The van der Waals surface area contributed by atoms with Crippen LogP contribution in [0.15, 0.2) is 52.8 Å². The summed E-state index contributed by atoms with van der Waals surface area (Å²) in [6.45, 7) is 2.37. The van der Waals surface area contributed by atoms with Gasteiger partial charge < -0.3 is 9.88 Å². The SMILES string of the molecule is CC(NC(=O)CCCn1cnc2c1c(=O)n(C)c(=O)n2C)c1ccc(-n2cncn2)cc1. The number of hydrogen-bond acceptors (Lipinski definition) is 6. The second kappa shape index (κ2) is 8.61. The summed E-state index contributed by atoms with van der Waals surface area (Å²) in [5, 5.41) is 7.09. The number of aromatic nitrogens is 7. The van der Waals surface area contributed by atoms with Gasteiger partial charge in [0.1, 0.15) is 12.7 Å². The first-order valence-corrected chi connectivity index (χ1v) is 10.2. The number of nitrogens with zero attached hydrogens (tertiary/aromatic N) is 7. The smallest absolute Gasteiger partial charge is 0.332 e. The van der Waals surface area contributed by atoms with Gasteiger partial charge in [0.15, 0.2) is 11.2 Å². The predicted octanol–water partition coefficient (Wildman–Crippen LogP) is 0.672. The monoisotopic (exact) mass is 436 g/mol. The third-order valence-electron chi connectivity index (χ3n) is 5.47. The van der Waals surface area contributed by atoms with Gasteiger partial charge in [-0.15, -0.1) is 0 Å². The Morgan fingerprint density at radius 3 is 2.53 bits per heavy atom. The van der Waals surface area contributed by atoms with Crippen LogP contribution < -0.4 is 16.6 Å². The number of nitrogens with one attached hydrogen (secondary N) is 1. The lowest BCUT2D eigenvalue weighted by Crippen LogP contribution is -2.37. The van der Waals surface area contributed by atoms with Crippen LogP contribution in [0, 0.1) is 0 Å². The molecule has 1 aromatic carbocycles. The van der Waals surface area contributed by atoms with Crippen molar-refractivity contribution in [1.29, 1.82) is 0 Å². The van der Waals surface area contributed by atoms with E-state index >= 15 is 0 Å². The normalized spacial score (nSPS) is 12.2. The van der Waals surface area contributed by atoms with Gasteiger partial charge in [-0.3, -0.25) is 18.7 Å². The van der Waals surface area contributed by atoms with Crippen LogP contribution in [0.4, 0.5) is 0 Å². The Morgan fingerprint density at radius 2 is 1.84 bits per heavy atom. The van der Waals surface area contributed by atoms with E-state index in [1.165, 1.54) is 24.3 Å². The van der Waals surface area contributed by atoms with Crippen LogP contribution >= 0.6 is 0 Å². The summed E-state index contributed by atoms with van der Waals surface area (Å²) in [6, 6.07) is 7.58. The average Bonchev–Trinajstić information content (AvgIpc) is 3.47. The Bertz CT molecular complexity index is 1360. The molecular weight excluding hydrogens is 412 g/mol. The zero-order valence-corrected chi connectivity index (χ0v) is 18.1. The fourth-order valence-electron chi connectivity index (χ4n) is 3.63. The van der Waals surface area contributed by atoms with Gasteiger partial charge in [-0.1, -0.05) is 12.1 Å². The molecule has 1 amide bonds. The molecule has 166 valence electrons. The molecule has 4 rings (SSSR count). The first-order chi connectivity index (χ1) is 15.4. The van der Waals surface area contributed by atoms with Gasteiger partial charge in [0.2, 0.25) is 5.91 Å². The molecule has 11 heteroatoms. The third kappa shape index (κ3) is 3.96. The molecule has 1 unspecified atom stereocenters. The first kappa shape index (κ1) is 21.2. The van der Waals surface area contributed by atoms with Crippen molar-refractivity contribution >= 4 is 17.1 Å². The lowest BCUT2D eigenvalue weighted by atomic mass is 10.1. The van der Waals surface area contributed by atoms with Gasteiger partial charge in [-0.2, -0.15) is 5.10 Å². The highest BCUT2D eigenvalue weighted by Crippen LogP contribution is 2.15. The Balaban J connectivity index is 1.35. The summed E-state index contributed by atoms with van der Waals surface area (Å²) in [4.78, 5) is 45.1. The Morgan fingerprint density at radius 1 is 1.09 bits per heavy atom. The highest BCUT2D eigenvalue weighted by molar-refractivity contribution is 5.76. The van der Waals surface area contributed by atoms with Crippen LogP contribution in [0.25, 0.3) is 16.9 Å². The van der Waals surface area contributed by atoms with Gasteiger partial charge in [0, 0.05) is 27.1 Å². The fourth-order valence-corrected chi connectivity index (χ4v) is 3.63. The van der Waals surface area contributed by atoms with E-state index in [1.807, 2.05) is 31.2 Å². The number of aryl methyl sites for hydroxylation is 2. The molecule has 0 bridgehead atoms. The molecule has 1 N–H and O–H groups in total. The third-order valence-corrected chi connectivity index (χ3v) is 5.47.